The van der Waals surface area contributed by atoms with E-state index in [0.717, 1.165) is 38.8 Å². The maximum absolute atomic E-state index is 7.88. The zero-order chi connectivity index (χ0) is 28.4. The van der Waals surface area contributed by atoms with E-state index in [2.05, 4.69) is 56.5 Å². The van der Waals surface area contributed by atoms with Gasteiger partial charge in [-0.3, -0.25) is 4.98 Å². The molecule has 0 bridgehead atoms. The van der Waals surface area contributed by atoms with E-state index < -0.39 is 6.98 Å². The second-order valence-corrected chi connectivity index (χ2v) is 12.5. The Kier molecular flexibility index (Phi) is 4.97. The van der Waals surface area contributed by atoms with E-state index in [1.165, 1.54) is 25.2 Å². The number of thiophene rings is 2. The molecule has 4 heterocycles. The Hall–Kier alpha value is -3.35. The van der Waals surface area contributed by atoms with Gasteiger partial charge in [-0.05, 0) is 66.6 Å². The van der Waals surface area contributed by atoms with E-state index in [4.69, 9.17) is 13.8 Å². The lowest BCUT2D eigenvalue weighted by molar-refractivity contribution is 0.459. The number of pyridine rings is 1. The van der Waals surface area contributed by atoms with Crippen LogP contribution in [0.15, 0.2) is 77.6 Å². The summed E-state index contributed by atoms with van der Waals surface area (Å²) in [6.07, 6.45) is 1.90. The van der Waals surface area contributed by atoms with Crippen molar-refractivity contribution in [2.24, 2.45) is 0 Å². The molecular weight excluding hydrogens is 494 g/mol. The van der Waals surface area contributed by atoms with Crippen LogP contribution in [0.5, 0.6) is 10.8 Å². The Morgan fingerprint density at radius 3 is 2.65 bits per heavy atom. The summed E-state index contributed by atoms with van der Waals surface area (Å²) >= 11 is 3.38. The minimum absolute atomic E-state index is 0.0275. The summed E-state index contributed by atoms with van der Waals surface area (Å²) in [5.74, 6) is 0.706. The van der Waals surface area contributed by atoms with E-state index in [9.17, 15) is 0 Å². The van der Waals surface area contributed by atoms with Crippen molar-refractivity contribution in [3.63, 3.8) is 0 Å². The van der Waals surface area contributed by atoms with Crippen molar-refractivity contribution in [2.45, 2.75) is 40.0 Å². The van der Waals surface area contributed by atoms with Gasteiger partial charge in [0.1, 0.15) is 5.75 Å². The minimum atomic E-state index is -2.18. The average Bonchev–Trinajstić information content (AvgIpc) is 3.60. The van der Waals surface area contributed by atoms with Crippen LogP contribution in [-0.2, 0) is 5.41 Å². The van der Waals surface area contributed by atoms with Crippen LogP contribution in [0.2, 0.25) is 0 Å². The number of fused-ring (bicyclic) bond motifs is 3. The lowest BCUT2D eigenvalue weighted by Gasteiger charge is -2.21. The maximum atomic E-state index is 7.88. The first-order valence-corrected chi connectivity index (χ1v) is 14.0. The standard InChI is InChI=1S/C31H31N3OS2/c1-19-20(2)34(18-33(19)6)22-8-7-9-23(15-22)35-29-17-26-25(16-28-24(11-13-36-28)30(26)37-29)27-14-21(10-12-32-27)31(3,4)5/h7-17H,18H2,1-6H3/i6D3. The molecule has 3 aromatic heterocycles. The molecule has 0 atom stereocenters. The molecule has 6 rings (SSSR count). The highest BCUT2D eigenvalue weighted by molar-refractivity contribution is 7.23. The first kappa shape index (κ1) is 20.7. The maximum Gasteiger partial charge on any atom is 0.182 e. The normalized spacial score (nSPS) is 16.0. The molecule has 0 N–H and O–H groups in total. The Morgan fingerprint density at radius 2 is 1.86 bits per heavy atom. The van der Waals surface area contributed by atoms with Gasteiger partial charge >= 0.3 is 0 Å². The summed E-state index contributed by atoms with van der Waals surface area (Å²) in [7, 11) is 0. The van der Waals surface area contributed by atoms with Gasteiger partial charge < -0.3 is 14.5 Å². The fourth-order valence-electron chi connectivity index (χ4n) is 4.75. The van der Waals surface area contributed by atoms with Crippen molar-refractivity contribution in [3.05, 3.63) is 83.1 Å². The van der Waals surface area contributed by atoms with E-state index in [1.807, 2.05) is 49.2 Å². The van der Waals surface area contributed by atoms with E-state index in [-0.39, 0.29) is 12.1 Å². The second-order valence-electron chi connectivity index (χ2n) is 10.5. The highest BCUT2D eigenvalue weighted by Crippen LogP contribution is 2.45. The molecule has 1 aliphatic rings. The molecule has 0 radical (unpaired) electrons. The highest BCUT2D eigenvalue weighted by Gasteiger charge is 2.22. The van der Waals surface area contributed by atoms with E-state index in [1.54, 1.807) is 22.7 Å². The van der Waals surface area contributed by atoms with Gasteiger partial charge in [0.25, 0.3) is 0 Å². The Balaban J connectivity index is 1.37. The number of hydrogen-bond donors (Lipinski definition) is 0. The molecule has 188 valence electrons. The summed E-state index contributed by atoms with van der Waals surface area (Å²) in [6.45, 7) is 8.56. The average molecular weight is 529 g/mol. The molecule has 0 saturated carbocycles. The molecule has 0 unspecified atom stereocenters. The van der Waals surface area contributed by atoms with E-state index in [0.29, 0.717) is 5.75 Å². The lowest BCUT2D eigenvalue weighted by atomic mass is 9.87. The third-order valence-electron chi connectivity index (χ3n) is 7.08. The molecule has 2 aromatic carbocycles. The van der Waals surface area contributed by atoms with Crippen molar-refractivity contribution in [1.82, 2.24) is 9.88 Å². The second kappa shape index (κ2) is 8.89. The van der Waals surface area contributed by atoms with Crippen molar-refractivity contribution in [1.29, 1.82) is 0 Å². The number of benzene rings is 2. The molecule has 6 heteroatoms. The van der Waals surface area contributed by atoms with Crippen LogP contribution in [0, 0.1) is 0 Å². The monoisotopic (exact) mass is 528 g/mol. The molecule has 1 aliphatic heterocycles. The summed E-state index contributed by atoms with van der Waals surface area (Å²) < 4.78 is 32.5. The quantitative estimate of drug-likeness (QED) is 0.232. The Morgan fingerprint density at radius 1 is 1.00 bits per heavy atom. The van der Waals surface area contributed by atoms with Crippen LogP contribution in [0.25, 0.3) is 31.4 Å². The minimum Gasteiger partial charge on any atom is -0.447 e. The van der Waals surface area contributed by atoms with Gasteiger partial charge in [-0.2, -0.15) is 0 Å². The molecule has 0 saturated heterocycles. The van der Waals surface area contributed by atoms with Gasteiger partial charge in [0.2, 0.25) is 0 Å². The fourth-order valence-corrected chi connectivity index (χ4v) is 6.74. The van der Waals surface area contributed by atoms with Crippen LogP contribution in [0.4, 0.5) is 5.69 Å². The predicted molar refractivity (Wildman–Crippen MR) is 159 cm³/mol. The van der Waals surface area contributed by atoms with Gasteiger partial charge in [0.15, 0.2) is 5.06 Å². The predicted octanol–water partition coefficient (Wildman–Crippen LogP) is 9.23. The van der Waals surface area contributed by atoms with Crippen molar-refractivity contribution in [2.75, 3.05) is 18.5 Å². The van der Waals surface area contributed by atoms with Crippen molar-refractivity contribution < 1.29 is 8.85 Å². The largest absolute Gasteiger partial charge is 0.447 e. The van der Waals surface area contributed by atoms with E-state index >= 15 is 0 Å². The number of hydrogen-bond acceptors (Lipinski definition) is 6. The number of ether oxygens (including phenoxy) is 1. The number of nitrogens with zero attached hydrogens (tertiary/aromatic N) is 3. The molecule has 0 fully saturated rings. The number of aromatic nitrogens is 1. The van der Waals surface area contributed by atoms with Crippen LogP contribution in [-0.4, -0.2) is 23.5 Å². The van der Waals surface area contributed by atoms with Gasteiger partial charge in [-0.1, -0.05) is 38.2 Å². The first-order valence-electron chi connectivity index (χ1n) is 13.8. The molecule has 0 aliphatic carbocycles. The smallest absolute Gasteiger partial charge is 0.182 e. The van der Waals surface area contributed by atoms with Crippen molar-refractivity contribution in [3.8, 4) is 22.1 Å². The Labute approximate surface area is 230 Å². The number of anilines is 1. The molecular formula is C31H31N3OS2. The zero-order valence-electron chi connectivity index (χ0n) is 24.6. The summed E-state index contributed by atoms with van der Waals surface area (Å²) in [6, 6.07) is 18.7. The third kappa shape index (κ3) is 4.28. The molecule has 0 amide bonds. The zero-order valence-corrected chi connectivity index (χ0v) is 23.3. The van der Waals surface area contributed by atoms with Gasteiger partial charge in [-0.25, -0.2) is 0 Å². The van der Waals surface area contributed by atoms with Crippen molar-refractivity contribution >= 4 is 48.5 Å². The lowest BCUT2D eigenvalue weighted by Crippen LogP contribution is -2.24. The van der Waals surface area contributed by atoms with Crippen LogP contribution < -0.4 is 9.64 Å². The van der Waals surface area contributed by atoms with Gasteiger partial charge in [0.05, 0.1) is 12.4 Å². The SMILES string of the molecule is [2H]C([2H])([2H])N1CN(c2cccc(Oc3cc4c(-c5cc(C(C)(C)C)ccn5)cc5sccc5c4s3)c2)C(C)=C1C. The molecule has 5 aromatic rings. The van der Waals surface area contributed by atoms with Crippen LogP contribution in [0.3, 0.4) is 0 Å². The molecule has 0 spiro atoms. The van der Waals surface area contributed by atoms with Gasteiger partial charge in [0, 0.05) is 72.2 Å². The highest BCUT2D eigenvalue weighted by atomic mass is 32.1. The topological polar surface area (TPSA) is 28.6 Å². The third-order valence-corrected chi connectivity index (χ3v) is 8.99. The fraction of sp³-hybridized carbons (Fsp3) is 0.258. The van der Waals surface area contributed by atoms with Gasteiger partial charge in [-0.15, -0.1) is 11.3 Å². The summed E-state index contributed by atoms with van der Waals surface area (Å²) in [4.78, 5) is 8.24. The van der Waals surface area contributed by atoms with Crippen LogP contribution >= 0.6 is 22.7 Å². The summed E-state index contributed by atoms with van der Waals surface area (Å²) in [5.41, 5.74) is 5.92. The number of allylic oxidation sites excluding steroid dienone is 2. The molecule has 4 nitrogen and oxygen atoms in total. The Bertz CT molecular complexity index is 1780. The molecule has 37 heavy (non-hydrogen) atoms. The van der Waals surface area contributed by atoms with Crippen LogP contribution in [0.1, 0.15) is 44.3 Å². The number of rotatable bonds is 4. The first-order chi connectivity index (χ1) is 18.9. The summed E-state index contributed by atoms with van der Waals surface area (Å²) in [5, 5.41) is 5.28.